The number of anilines is 1. The molecule has 4 saturated heterocycles. The normalized spacial score (nSPS) is 26.3. The average molecular weight is 618 g/mol. The summed E-state index contributed by atoms with van der Waals surface area (Å²) in [5, 5.41) is 10.1. The highest BCUT2D eigenvalue weighted by Gasteiger charge is 2.50. The van der Waals surface area contributed by atoms with Gasteiger partial charge in [-0.2, -0.15) is 15.2 Å². The van der Waals surface area contributed by atoms with Crippen LogP contribution in [-0.4, -0.2) is 93.0 Å². The van der Waals surface area contributed by atoms with Crippen LogP contribution in [0.3, 0.4) is 0 Å². The lowest BCUT2D eigenvalue weighted by Crippen LogP contribution is -2.57. The van der Waals surface area contributed by atoms with Gasteiger partial charge < -0.3 is 14.4 Å². The third-order valence-corrected chi connectivity index (χ3v) is 9.56. The molecule has 0 aliphatic carbocycles. The zero-order chi connectivity index (χ0) is 31.5. The molecule has 10 nitrogen and oxygen atoms in total. The van der Waals surface area contributed by atoms with Crippen molar-refractivity contribution < 1.29 is 23.0 Å². The predicted molar refractivity (Wildman–Crippen MR) is 163 cm³/mol. The molecule has 2 unspecified atom stereocenters. The first-order valence-corrected chi connectivity index (χ1v) is 15.7. The van der Waals surface area contributed by atoms with Crippen LogP contribution in [0.4, 0.5) is 19.4 Å². The molecule has 4 aliphatic rings. The van der Waals surface area contributed by atoms with Gasteiger partial charge in [0.05, 0.1) is 34.6 Å². The molecule has 3 aromatic rings. The van der Waals surface area contributed by atoms with Gasteiger partial charge in [0.25, 0.3) is 0 Å². The fraction of sp³-hybridized carbons (Fsp3) is 0.545. The number of hydrogen-bond donors (Lipinski definition) is 0. The van der Waals surface area contributed by atoms with E-state index in [9.17, 15) is 14.4 Å². The number of piperazine rings is 1. The number of halogens is 2. The van der Waals surface area contributed by atoms with Crippen molar-refractivity contribution in [1.29, 1.82) is 5.26 Å². The Morgan fingerprint density at radius 3 is 2.64 bits per heavy atom. The Balaban J connectivity index is 1.27. The molecule has 0 N–H and O–H groups in total. The number of amides is 1. The summed E-state index contributed by atoms with van der Waals surface area (Å²) in [6, 6.07) is 8.65. The molecule has 12 heteroatoms. The molecule has 0 saturated carbocycles. The van der Waals surface area contributed by atoms with Crippen molar-refractivity contribution in [3.05, 3.63) is 41.8 Å². The molecule has 6 heterocycles. The number of hydrogen-bond acceptors (Lipinski definition) is 9. The van der Waals surface area contributed by atoms with Crippen LogP contribution < -0.4 is 9.64 Å². The Bertz CT molecular complexity index is 1680. The second kappa shape index (κ2) is 11.1. The van der Waals surface area contributed by atoms with Crippen molar-refractivity contribution in [1.82, 2.24) is 24.8 Å². The van der Waals surface area contributed by atoms with Crippen molar-refractivity contribution in [2.75, 3.05) is 37.7 Å². The lowest BCUT2D eigenvalue weighted by Gasteiger charge is -2.42. The van der Waals surface area contributed by atoms with Gasteiger partial charge in [-0.25, -0.2) is 13.6 Å². The summed E-state index contributed by atoms with van der Waals surface area (Å²) in [7, 11) is 0. The van der Waals surface area contributed by atoms with Crippen LogP contribution >= 0.6 is 0 Å². The Kier molecular flexibility index (Phi) is 7.27. The molecule has 0 radical (unpaired) electrons. The van der Waals surface area contributed by atoms with Crippen molar-refractivity contribution in [3.8, 4) is 23.3 Å². The standard InChI is InChI=1S/C33H37F2N7O3/c1-32(2,3)45-31(43)42-22-9-10-23(42)18-40(17-22)29-25-15-37-27(24-8-5-4-7-20(24)14-36)26(35)28(25)38-30(39-29)44-19-33-11-6-12-41(33)16-21(34)13-33/h4-5,7-8,15,21-23H,6,9-13,16-19H2,1-3H3/t21-,22?,23?,33+/m1/s1. The minimum absolute atomic E-state index is 0.00701. The van der Waals surface area contributed by atoms with E-state index in [4.69, 9.17) is 14.5 Å². The van der Waals surface area contributed by atoms with Crippen LogP contribution in [0.25, 0.3) is 22.2 Å². The number of carbonyl (C=O) groups is 1. The fourth-order valence-corrected chi connectivity index (χ4v) is 7.64. The molecule has 1 amide bonds. The maximum Gasteiger partial charge on any atom is 0.410 e. The maximum atomic E-state index is 16.4. The van der Waals surface area contributed by atoms with Gasteiger partial charge in [0, 0.05) is 37.8 Å². The van der Waals surface area contributed by atoms with E-state index in [1.54, 1.807) is 30.5 Å². The second-order valence-electron chi connectivity index (χ2n) is 13.7. The van der Waals surface area contributed by atoms with E-state index in [1.165, 1.54) is 0 Å². The van der Waals surface area contributed by atoms with Gasteiger partial charge in [0.1, 0.15) is 35.4 Å². The van der Waals surface area contributed by atoms with E-state index < -0.39 is 23.1 Å². The lowest BCUT2D eigenvalue weighted by molar-refractivity contribution is 0.0122. The zero-order valence-electron chi connectivity index (χ0n) is 25.8. The largest absolute Gasteiger partial charge is 0.461 e. The highest BCUT2D eigenvalue weighted by molar-refractivity contribution is 5.92. The highest BCUT2D eigenvalue weighted by Crippen LogP contribution is 2.41. The molecule has 45 heavy (non-hydrogen) atoms. The van der Waals surface area contributed by atoms with Gasteiger partial charge in [-0.1, -0.05) is 18.2 Å². The van der Waals surface area contributed by atoms with Gasteiger partial charge in [-0.15, -0.1) is 0 Å². The SMILES string of the molecule is CC(C)(C)OC(=O)N1C2CCC1CN(c1nc(OC[C@@]34CCCN3C[C@H](F)C4)nc3c(F)c(-c4ccccc4C#N)ncc13)C2. The van der Waals surface area contributed by atoms with E-state index >= 15 is 4.39 Å². The molecule has 1 aromatic carbocycles. The monoisotopic (exact) mass is 617 g/mol. The lowest BCUT2D eigenvalue weighted by atomic mass is 9.95. The molecule has 0 spiro atoms. The number of carbonyl (C=O) groups excluding carboxylic acids is 1. The molecule has 236 valence electrons. The number of rotatable bonds is 5. The minimum Gasteiger partial charge on any atom is -0.461 e. The van der Waals surface area contributed by atoms with Crippen molar-refractivity contribution in [2.24, 2.45) is 0 Å². The van der Waals surface area contributed by atoms with E-state index in [2.05, 4.69) is 25.8 Å². The van der Waals surface area contributed by atoms with E-state index in [1.807, 2.05) is 25.7 Å². The predicted octanol–water partition coefficient (Wildman–Crippen LogP) is 5.25. The number of benzene rings is 1. The zero-order valence-corrected chi connectivity index (χ0v) is 25.8. The topological polar surface area (TPSA) is 108 Å². The molecule has 2 aromatic heterocycles. The Morgan fingerprint density at radius 1 is 1.16 bits per heavy atom. The van der Waals surface area contributed by atoms with E-state index in [0.717, 1.165) is 32.2 Å². The summed E-state index contributed by atoms with van der Waals surface area (Å²) in [4.78, 5) is 32.9. The number of pyridine rings is 1. The van der Waals surface area contributed by atoms with Crippen LogP contribution in [0.15, 0.2) is 30.5 Å². The molecule has 7 rings (SSSR count). The summed E-state index contributed by atoms with van der Waals surface area (Å²) in [6.07, 6.45) is 4.10. The van der Waals surface area contributed by atoms with E-state index in [-0.39, 0.29) is 42.0 Å². The number of alkyl halides is 1. The molecule has 4 atom stereocenters. The first kappa shape index (κ1) is 29.6. The van der Waals surface area contributed by atoms with Crippen LogP contribution in [-0.2, 0) is 4.74 Å². The number of nitriles is 1. The van der Waals surface area contributed by atoms with Crippen LogP contribution in [0, 0.1) is 17.1 Å². The van der Waals surface area contributed by atoms with Crippen LogP contribution in [0.5, 0.6) is 6.01 Å². The van der Waals surface area contributed by atoms with Gasteiger partial charge in [0.2, 0.25) is 0 Å². The van der Waals surface area contributed by atoms with Gasteiger partial charge in [0.15, 0.2) is 5.82 Å². The van der Waals surface area contributed by atoms with Crippen LogP contribution in [0.2, 0.25) is 0 Å². The van der Waals surface area contributed by atoms with Gasteiger partial charge in [-0.3, -0.25) is 14.8 Å². The number of fused-ring (bicyclic) bond motifs is 4. The average Bonchev–Trinajstić information content (AvgIpc) is 3.62. The summed E-state index contributed by atoms with van der Waals surface area (Å²) >= 11 is 0. The van der Waals surface area contributed by atoms with E-state index in [0.29, 0.717) is 48.4 Å². The van der Waals surface area contributed by atoms with Crippen LogP contribution in [0.1, 0.15) is 58.4 Å². The maximum absolute atomic E-state index is 16.4. The summed E-state index contributed by atoms with van der Waals surface area (Å²) in [5.74, 6) is -0.206. The highest BCUT2D eigenvalue weighted by atomic mass is 19.1. The van der Waals surface area contributed by atoms with Gasteiger partial charge in [-0.05, 0) is 59.1 Å². The summed E-state index contributed by atoms with van der Waals surface area (Å²) in [6.45, 7) is 7.92. The molecular weight excluding hydrogens is 580 g/mol. The number of aromatic nitrogens is 3. The Morgan fingerprint density at radius 2 is 1.91 bits per heavy atom. The molecule has 2 bridgehead atoms. The second-order valence-corrected chi connectivity index (χ2v) is 13.7. The molecule has 4 fully saturated rings. The van der Waals surface area contributed by atoms with Crippen molar-refractivity contribution >= 4 is 22.8 Å². The summed E-state index contributed by atoms with van der Waals surface area (Å²) < 4.78 is 42.8. The first-order valence-electron chi connectivity index (χ1n) is 15.7. The smallest absolute Gasteiger partial charge is 0.410 e. The number of ether oxygens (including phenoxy) is 2. The minimum atomic E-state index is -0.912. The third kappa shape index (κ3) is 5.31. The molecular formula is C33H37F2N7O3. The van der Waals surface area contributed by atoms with Crippen molar-refractivity contribution in [2.45, 2.75) is 82.3 Å². The quantitative estimate of drug-likeness (QED) is 0.380. The summed E-state index contributed by atoms with van der Waals surface area (Å²) in [5.41, 5.74) is -0.322. The Hall–Kier alpha value is -4.11. The van der Waals surface area contributed by atoms with Gasteiger partial charge >= 0.3 is 12.1 Å². The van der Waals surface area contributed by atoms with Crippen molar-refractivity contribution in [3.63, 3.8) is 0 Å². The Labute approximate surface area is 260 Å². The fourth-order valence-electron chi connectivity index (χ4n) is 7.64. The molecule has 4 aliphatic heterocycles. The first-order chi connectivity index (χ1) is 21.5. The third-order valence-electron chi connectivity index (χ3n) is 9.56. The number of nitrogens with zero attached hydrogens (tertiary/aromatic N) is 7.